The third kappa shape index (κ3) is 7.22. The number of carboxylic acids is 1. The second kappa shape index (κ2) is 9.49. The number of amides is 1. The molecule has 0 heterocycles. The highest BCUT2D eigenvalue weighted by atomic mass is 79.9. The van der Waals surface area contributed by atoms with Crippen LogP contribution in [0.25, 0.3) is 0 Å². The number of hydrogen-bond donors (Lipinski definition) is 2. The minimum atomic E-state index is -1.08. The van der Waals surface area contributed by atoms with Gasteiger partial charge in [0.05, 0.1) is 13.2 Å². The number of carboxylic acid groups (broad SMARTS) is 1. The van der Waals surface area contributed by atoms with Crippen molar-refractivity contribution in [2.24, 2.45) is 0 Å². The van der Waals surface area contributed by atoms with E-state index in [1.54, 1.807) is 12.1 Å². The molecule has 1 aromatic carbocycles. The van der Waals surface area contributed by atoms with Crippen LogP contribution in [-0.2, 0) is 25.5 Å². The number of nitrogens with one attached hydrogen (secondary N) is 1. The largest absolute Gasteiger partial charge is 0.480 e. The highest BCUT2D eigenvalue weighted by molar-refractivity contribution is 9.10. The zero-order valence-corrected chi connectivity index (χ0v) is 13.3. The van der Waals surface area contributed by atoms with Crippen LogP contribution in [0.1, 0.15) is 5.56 Å². The lowest BCUT2D eigenvalue weighted by atomic mass is 10.1. The van der Waals surface area contributed by atoms with Crippen molar-refractivity contribution in [3.8, 4) is 0 Å². The minimum Gasteiger partial charge on any atom is -0.480 e. The van der Waals surface area contributed by atoms with E-state index in [9.17, 15) is 9.59 Å². The van der Waals surface area contributed by atoms with E-state index < -0.39 is 17.9 Å². The van der Waals surface area contributed by atoms with Gasteiger partial charge in [0.15, 0.2) is 0 Å². The zero-order chi connectivity index (χ0) is 15.7. The number of ether oxygens (including phenoxy) is 2. The van der Waals surface area contributed by atoms with Gasteiger partial charge in [0.1, 0.15) is 12.6 Å². The quantitative estimate of drug-likeness (QED) is 0.647. The maximum Gasteiger partial charge on any atom is 0.326 e. The molecule has 0 unspecified atom stereocenters. The Kier molecular flexibility index (Phi) is 7.96. The van der Waals surface area contributed by atoms with Crippen molar-refractivity contribution in [3.63, 3.8) is 0 Å². The molecule has 1 atom stereocenters. The van der Waals surface area contributed by atoms with Crippen molar-refractivity contribution in [3.05, 3.63) is 34.3 Å². The van der Waals surface area contributed by atoms with Crippen molar-refractivity contribution >= 4 is 27.8 Å². The molecular weight excluding hydrogens is 342 g/mol. The van der Waals surface area contributed by atoms with E-state index in [1.165, 1.54) is 7.11 Å². The van der Waals surface area contributed by atoms with Crippen molar-refractivity contribution in [1.82, 2.24) is 5.32 Å². The molecule has 2 N–H and O–H groups in total. The van der Waals surface area contributed by atoms with Crippen LogP contribution < -0.4 is 5.32 Å². The Morgan fingerprint density at radius 2 is 1.95 bits per heavy atom. The number of methoxy groups -OCH3 is 1. The lowest BCUT2D eigenvalue weighted by Gasteiger charge is -2.14. The fourth-order valence-corrected chi connectivity index (χ4v) is 1.86. The average Bonchev–Trinajstić information content (AvgIpc) is 2.45. The topological polar surface area (TPSA) is 84.9 Å². The fraction of sp³-hybridized carbons (Fsp3) is 0.429. The number of aliphatic carboxylic acids is 1. The minimum absolute atomic E-state index is 0.187. The van der Waals surface area contributed by atoms with Gasteiger partial charge < -0.3 is 19.9 Å². The van der Waals surface area contributed by atoms with Gasteiger partial charge in [0.2, 0.25) is 5.91 Å². The van der Waals surface area contributed by atoms with Gasteiger partial charge in [-0.25, -0.2) is 4.79 Å². The fourth-order valence-electron chi connectivity index (χ4n) is 1.60. The molecule has 6 nitrogen and oxygen atoms in total. The van der Waals surface area contributed by atoms with E-state index in [0.29, 0.717) is 6.61 Å². The third-order valence-corrected chi connectivity index (χ3v) is 3.18. The number of hydrogen-bond acceptors (Lipinski definition) is 4. The third-order valence-electron chi connectivity index (χ3n) is 2.65. The van der Waals surface area contributed by atoms with Crippen molar-refractivity contribution in [2.45, 2.75) is 12.5 Å². The Labute approximate surface area is 131 Å². The van der Waals surface area contributed by atoms with Crippen LogP contribution >= 0.6 is 15.9 Å². The Bertz CT molecular complexity index is 463. The SMILES string of the molecule is COCCOCC(=O)N[C@H](Cc1ccc(Br)cc1)C(=O)O. The molecule has 0 aromatic heterocycles. The monoisotopic (exact) mass is 359 g/mol. The molecule has 0 radical (unpaired) electrons. The Hall–Kier alpha value is -1.44. The van der Waals surface area contributed by atoms with E-state index in [2.05, 4.69) is 21.2 Å². The molecule has 21 heavy (non-hydrogen) atoms. The van der Waals surface area contributed by atoms with Gasteiger partial charge in [-0.3, -0.25) is 4.79 Å². The maximum atomic E-state index is 11.6. The van der Waals surface area contributed by atoms with Gasteiger partial charge in [0.25, 0.3) is 0 Å². The number of halogens is 1. The summed E-state index contributed by atoms with van der Waals surface area (Å²) in [7, 11) is 1.53. The molecule has 1 amide bonds. The molecule has 0 aliphatic rings. The normalized spacial score (nSPS) is 11.9. The first kappa shape index (κ1) is 17.6. The van der Waals surface area contributed by atoms with Crippen LogP contribution in [0, 0.1) is 0 Å². The first-order chi connectivity index (χ1) is 10.0. The average molecular weight is 360 g/mol. The lowest BCUT2D eigenvalue weighted by molar-refractivity contribution is -0.142. The van der Waals surface area contributed by atoms with Gasteiger partial charge in [-0.15, -0.1) is 0 Å². The summed E-state index contributed by atoms with van der Waals surface area (Å²) in [6.45, 7) is 0.483. The second-order valence-electron chi connectivity index (χ2n) is 4.33. The molecule has 0 saturated carbocycles. The standard InChI is InChI=1S/C14H18BrNO5/c1-20-6-7-21-9-13(17)16-12(14(18)19)8-10-2-4-11(15)5-3-10/h2-5,12H,6-9H2,1H3,(H,16,17)(H,18,19)/t12-/m1/s1. The number of benzene rings is 1. The van der Waals surface area contributed by atoms with Gasteiger partial charge >= 0.3 is 5.97 Å². The van der Waals surface area contributed by atoms with Crippen LogP contribution in [0.15, 0.2) is 28.7 Å². The molecule has 0 fully saturated rings. The second-order valence-corrected chi connectivity index (χ2v) is 5.25. The molecule has 0 bridgehead atoms. The van der Waals surface area contributed by atoms with Crippen molar-refractivity contribution in [1.29, 1.82) is 0 Å². The smallest absolute Gasteiger partial charge is 0.326 e. The van der Waals surface area contributed by atoms with E-state index in [4.69, 9.17) is 14.6 Å². The van der Waals surface area contributed by atoms with Crippen LogP contribution in [-0.4, -0.2) is 50.0 Å². The first-order valence-electron chi connectivity index (χ1n) is 6.36. The Balaban J connectivity index is 2.48. The van der Waals surface area contributed by atoms with Crippen LogP contribution in [0.4, 0.5) is 0 Å². The van der Waals surface area contributed by atoms with Crippen molar-refractivity contribution < 1.29 is 24.2 Å². The van der Waals surface area contributed by atoms with E-state index in [1.807, 2.05) is 12.1 Å². The molecular formula is C14H18BrNO5. The number of rotatable bonds is 9. The van der Waals surface area contributed by atoms with Crippen LogP contribution in [0.2, 0.25) is 0 Å². The van der Waals surface area contributed by atoms with Gasteiger partial charge in [-0.05, 0) is 17.7 Å². The van der Waals surface area contributed by atoms with Crippen LogP contribution in [0.3, 0.4) is 0 Å². The van der Waals surface area contributed by atoms with Crippen LogP contribution in [0.5, 0.6) is 0 Å². The molecule has 1 rings (SSSR count). The van der Waals surface area contributed by atoms with Gasteiger partial charge in [0, 0.05) is 18.0 Å². The molecule has 0 spiro atoms. The molecule has 7 heteroatoms. The summed E-state index contributed by atoms with van der Waals surface area (Å²) in [5, 5.41) is 11.6. The predicted molar refractivity (Wildman–Crippen MR) is 80.1 cm³/mol. The Morgan fingerprint density at radius 3 is 2.52 bits per heavy atom. The molecule has 0 saturated heterocycles. The van der Waals surface area contributed by atoms with Gasteiger partial charge in [-0.1, -0.05) is 28.1 Å². The predicted octanol–water partition coefficient (Wildman–Crippen LogP) is 1.22. The summed E-state index contributed by atoms with van der Waals surface area (Å²) in [5.41, 5.74) is 0.825. The molecule has 1 aromatic rings. The summed E-state index contributed by atoms with van der Waals surface area (Å²) < 4.78 is 10.7. The lowest BCUT2D eigenvalue weighted by Crippen LogP contribution is -2.44. The highest BCUT2D eigenvalue weighted by Crippen LogP contribution is 2.12. The highest BCUT2D eigenvalue weighted by Gasteiger charge is 2.20. The summed E-state index contributed by atoms with van der Waals surface area (Å²) in [5.74, 6) is -1.54. The van der Waals surface area contributed by atoms with E-state index in [0.717, 1.165) is 10.0 Å². The molecule has 116 valence electrons. The van der Waals surface area contributed by atoms with E-state index >= 15 is 0 Å². The number of carbonyl (C=O) groups is 2. The summed E-state index contributed by atoms with van der Waals surface area (Å²) in [4.78, 5) is 22.8. The zero-order valence-electron chi connectivity index (χ0n) is 11.7. The number of carbonyl (C=O) groups excluding carboxylic acids is 1. The Morgan fingerprint density at radius 1 is 1.29 bits per heavy atom. The van der Waals surface area contributed by atoms with Gasteiger partial charge in [-0.2, -0.15) is 0 Å². The van der Waals surface area contributed by atoms with Crippen molar-refractivity contribution in [2.75, 3.05) is 26.9 Å². The first-order valence-corrected chi connectivity index (χ1v) is 7.15. The van der Waals surface area contributed by atoms with E-state index in [-0.39, 0.29) is 19.6 Å². The molecule has 0 aliphatic carbocycles. The molecule has 0 aliphatic heterocycles. The summed E-state index contributed by atoms with van der Waals surface area (Å²) >= 11 is 3.31. The summed E-state index contributed by atoms with van der Waals surface area (Å²) in [6, 6.07) is 6.28. The maximum absolute atomic E-state index is 11.6. The summed E-state index contributed by atoms with van der Waals surface area (Å²) in [6.07, 6.45) is 0.215.